The van der Waals surface area contributed by atoms with Crippen LogP contribution in [0.15, 0.2) is 36.4 Å². The fourth-order valence-corrected chi connectivity index (χ4v) is 3.80. The molecule has 2 heterocycles. The predicted molar refractivity (Wildman–Crippen MR) is 113 cm³/mol. The number of rotatable bonds is 6. The maximum atomic E-state index is 13.5. The van der Waals surface area contributed by atoms with Gasteiger partial charge < -0.3 is 15.0 Å². The lowest BCUT2D eigenvalue weighted by molar-refractivity contribution is 0.0459. The smallest absolute Gasteiger partial charge is 0.246 e. The molecule has 0 unspecified atom stereocenters. The quantitative estimate of drug-likeness (QED) is 0.607. The largest absolute Gasteiger partial charge is 0.378 e. The number of anilines is 3. The maximum Gasteiger partial charge on any atom is 0.246 e. The minimum Gasteiger partial charge on any atom is -0.378 e. The molecule has 0 aliphatic carbocycles. The molecule has 1 aliphatic rings. The average Bonchev–Trinajstić information content (AvgIpc) is 3.16. The molecular formula is C22H25F2N5O. The fraction of sp³-hybridized carbons (Fsp3) is 0.364. The monoisotopic (exact) mass is 413 g/mol. The third-order valence-corrected chi connectivity index (χ3v) is 5.15. The van der Waals surface area contributed by atoms with Gasteiger partial charge in [0.05, 0.1) is 6.10 Å². The molecular weight excluding hydrogens is 388 g/mol. The highest BCUT2D eigenvalue weighted by Gasteiger charge is 2.20. The highest BCUT2D eigenvalue weighted by molar-refractivity contribution is 5.65. The Morgan fingerprint density at radius 3 is 2.53 bits per heavy atom. The third kappa shape index (κ3) is 4.76. The zero-order valence-corrected chi connectivity index (χ0v) is 17.1. The molecule has 2 aromatic carbocycles. The lowest BCUT2D eigenvalue weighted by Gasteiger charge is -2.33. The summed E-state index contributed by atoms with van der Waals surface area (Å²) in [6.07, 6.45) is 2.37. The van der Waals surface area contributed by atoms with Crippen LogP contribution in [0.1, 0.15) is 25.3 Å². The summed E-state index contributed by atoms with van der Waals surface area (Å²) in [5.74, 6) is -0.692. The molecule has 1 saturated heterocycles. The van der Waals surface area contributed by atoms with Crippen molar-refractivity contribution in [2.45, 2.75) is 32.8 Å². The Morgan fingerprint density at radius 2 is 1.83 bits per heavy atom. The molecule has 0 bridgehead atoms. The van der Waals surface area contributed by atoms with Crippen molar-refractivity contribution in [2.24, 2.45) is 0 Å². The van der Waals surface area contributed by atoms with Gasteiger partial charge in [-0.15, -0.1) is 5.10 Å². The summed E-state index contributed by atoms with van der Waals surface area (Å²) >= 11 is 0. The van der Waals surface area contributed by atoms with Crippen molar-refractivity contribution < 1.29 is 13.5 Å². The van der Waals surface area contributed by atoms with Crippen molar-refractivity contribution in [3.63, 3.8) is 0 Å². The second-order valence-electron chi connectivity index (χ2n) is 7.49. The molecule has 4 rings (SSSR count). The highest BCUT2D eigenvalue weighted by Crippen LogP contribution is 2.28. The van der Waals surface area contributed by atoms with Gasteiger partial charge in [0, 0.05) is 42.7 Å². The van der Waals surface area contributed by atoms with Crippen LogP contribution < -0.4 is 10.2 Å². The second kappa shape index (κ2) is 8.79. The van der Waals surface area contributed by atoms with Crippen LogP contribution >= 0.6 is 0 Å². The third-order valence-electron chi connectivity index (χ3n) is 5.15. The Balaban J connectivity index is 1.48. The predicted octanol–water partition coefficient (Wildman–Crippen LogP) is 4.81. The van der Waals surface area contributed by atoms with E-state index in [1.807, 2.05) is 19.9 Å². The molecule has 30 heavy (non-hydrogen) atoms. The zero-order chi connectivity index (χ0) is 21.1. The van der Waals surface area contributed by atoms with E-state index in [4.69, 9.17) is 4.74 Å². The normalized spacial score (nSPS) is 14.9. The molecule has 0 spiro atoms. The number of aryl methyl sites for hydroxylation is 1. The van der Waals surface area contributed by atoms with Crippen LogP contribution in [0.3, 0.4) is 0 Å². The molecule has 3 aromatic rings. The van der Waals surface area contributed by atoms with Crippen LogP contribution in [0.25, 0.3) is 11.4 Å². The molecule has 0 saturated carbocycles. The Morgan fingerprint density at radius 1 is 1.10 bits per heavy atom. The van der Waals surface area contributed by atoms with Crippen LogP contribution in [0, 0.1) is 18.6 Å². The molecule has 8 heteroatoms. The van der Waals surface area contributed by atoms with E-state index in [0.29, 0.717) is 23.4 Å². The van der Waals surface area contributed by atoms with E-state index in [1.165, 1.54) is 12.1 Å². The van der Waals surface area contributed by atoms with E-state index in [-0.39, 0.29) is 0 Å². The summed E-state index contributed by atoms with van der Waals surface area (Å²) < 4.78 is 32.7. The van der Waals surface area contributed by atoms with Crippen molar-refractivity contribution in [3.05, 3.63) is 53.6 Å². The Labute approximate surface area is 174 Å². The lowest BCUT2D eigenvalue weighted by atomic mass is 10.1. The van der Waals surface area contributed by atoms with Gasteiger partial charge in [0.25, 0.3) is 0 Å². The van der Waals surface area contributed by atoms with Gasteiger partial charge in [-0.1, -0.05) is 0 Å². The van der Waals surface area contributed by atoms with Crippen LogP contribution in [0.2, 0.25) is 0 Å². The molecule has 1 aromatic heterocycles. The van der Waals surface area contributed by atoms with Gasteiger partial charge in [-0.2, -0.15) is 4.98 Å². The van der Waals surface area contributed by atoms with Gasteiger partial charge in [0.2, 0.25) is 5.95 Å². The van der Waals surface area contributed by atoms with Crippen molar-refractivity contribution >= 4 is 17.3 Å². The summed E-state index contributed by atoms with van der Waals surface area (Å²) in [4.78, 5) is 6.67. The van der Waals surface area contributed by atoms with E-state index in [0.717, 1.165) is 55.5 Å². The van der Waals surface area contributed by atoms with E-state index < -0.39 is 11.6 Å². The van der Waals surface area contributed by atoms with Gasteiger partial charge in [-0.3, -0.25) is 5.10 Å². The van der Waals surface area contributed by atoms with Gasteiger partial charge >= 0.3 is 0 Å². The zero-order valence-electron chi connectivity index (χ0n) is 17.1. The van der Waals surface area contributed by atoms with Gasteiger partial charge in [0.15, 0.2) is 5.82 Å². The van der Waals surface area contributed by atoms with E-state index >= 15 is 0 Å². The molecule has 6 nitrogen and oxygen atoms in total. The molecule has 158 valence electrons. The first-order valence-electron chi connectivity index (χ1n) is 10.1. The first-order valence-corrected chi connectivity index (χ1v) is 10.1. The summed E-state index contributed by atoms with van der Waals surface area (Å²) in [7, 11) is 0. The van der Waals surface area contributed by atoms with Crippen molar-refractivity contribution in [3.8, 4) is 11.4 Å². The number of piperidine rings is 1. The number of ether oxygens (including phenoxy) is 1. The first-order chi connectivity index (χ1) is 14.5. The molecule has 1 aliphatic heterocycles. The SMILES string of the molecule is CCOC1CCN(c2cc(C)cc(Nc3n[nH]c(-c4cc(F)cc(F)c4)n3)c2)CC1. The van der Waals surface area contributed by atoms with Crippen LogP contribution in [-0.4, -0.2) is 41.0 Å². The van der Waals surface area contributed by atoms with E-state index in [2.05, 4.69) is 37.5 Å². The number of hydrogen-bond donors (Lipinski definition) is 2. The van der Waals surface area contributed by atoms with Crippen LogP contribution in [-0.2, 0) is 4.74 Å². The Kier molecular flexibility index (Phi) is 5.94. The van der Waals surface area contributed by atoms with Gasteiger partial charge in [0.1, 0.15) is 11.6 Å². The standard InChI is InChI=1S/C22H25F2N5O/c1-3-30-20-4-6-29(7-5-20)19-9-14(2)8-18(13-19)25-22-26-21(27-28-22)15-10-16(23)12-17(24)11-15/h8-13,20H,3-7H2,1-2H3,(H2,25,26,27,28). The topological polar surface area (TPSA) is 66.1 Å². The molecule has 0 amide bonds. The number of halogens is 2. The van der Waals surface area contributed by atoms with Crippen molar-refractivity contribution in [1.82, 2.24) is 15.2 Å². The number of nitrogens with one attached hydrogen (secondary N) is 2. The number of hydrogen-bond acceptors (Lipinski definition) is 5. The maximum absolute atomic E-state index is 13.5. The number of nitrogens with zero attached hydrogens (tertiary/aromatic N) is 3. The molecule has 2 N–H and O–H groups in total. The lowest BCUT2D eigenvalue weighted by Crippen LogP contribution is -2.37. The van der Waals surface area contributed by atoms with E-state index in [9.17, 15) is 8.78 Å². The van der Waals surface area contributed by atoms with Crippen molar-refractivity contribution in [2.75, 3.05) is 29.9 Å². The summed E-state index contributed by atoms with van der Waals surface area (Å²) in [6.45, 7) is 6.72. The number of H-pyrrole nitrogens is 1. The fourth-order valence-electron chi connectivity index (χ4n) is 3.80. The minimum atomic E-state index is -0.660. The van der Waals surface area contributed by atoms with Crippen molar-refractivity contribution in [1.29, 1.82) is 0 Å². The number of aromatic nitrogens is 3. The average molecular weight is 413 g/mol. The number of benzene rings is 2. The molecule has 0 radical (unpaired) electrons. The minimum absolute atomic E-state index is 0.293. The summed E-state index contributed by atoms with van der Waals surface area (Å²) in [6, 6.07) is 9.48. The Bertz CT molecular complexity index is 994. The van der Waals surface area contributed by atoms with Gasteiger partial charge in [-0.25, -0.2) is 8.78 Å². The first kappa shape index (κ1) is 20.3. The summed E-state index contributed by atoms with van der Waals surface area (Å²) in [5, 5.41) is 10.0. The number of aromatic amines is 1. The Hall–Kier alpha value is -3.00. The highest BCUT2D eigenvalue weighted by atomic mass is 19.1. The summed E-state index contributed by atoms with van der Waals surface area (Å²) in [5.41, 5.74) is 3.41. The molecule has 0 atom stereocenters. The van der Waals surface area contributed by atoms with Crippen LogP contribution in [0.4, 0.5) is 26.1 Å². The van der Waals surface area contributed by atoms with Gasteiger partial charge in [-0.05, 0) is 62.6 Å². The van der Waals surface area contributed by atoms with Crippen LogP contribution in [0.5, 0.6) is 0 Å². The second-order valence-corrected chi connectivity index (χ2v) is 7.49. The van der Waals surface area contributed by atoms with E-state index in [1.54, 1.807) is 0 Å². The molecule has 1 fully saturated rings.